The molecule has 0 aliphatic heterocycles. The molecule has 0 amide bonds. The molecule has 0 unspecified atom stereocenters. The lowest BCUT2D eigenvalue weighted by atomic mass is 10.0. The topological polar surface area (TPSA) is 12.0 Å². The number of benzene rings is 1. The minimum atomic E-state index is 0.382. The molecular formula is C15H18BrNS. The Morgan fingerprint density at radius 1 is 1.28 bits per heavy atom. The van der Waals surface area contributed by atoms with Crippen molar-refractivity contribution >= 4 is 27.3 Å². The quantitative estimate of drug-likeness (QED) is 0.836. The molecule has 1 nitrogen and oxygen atoms in total. The number of aryl methyl sites for hydroxylation is 2. The SMILES string of the molecule is Cc1ccccc1[C@H](C)NCc1cc(Br)c(C)s1. The van der Waals surface area contributed by atoms with Gasteiger partial charge in [-0.3, -0.25) is 0 Å². The molecule has 0 saturated heterocycles. The van der Waals surface area contributed by atoms with Gasteiger partial charge in [-0.2, -0.15) is 0 Å². The molecule has 1 heterocycles. The Balaban J connectivity index is 2.00. The van der Waals surface area contributed by atoms with Crippen LogP contribution in [0.5, 0.6) is 0 Å². The first-order valence-electron chi connectivity index (χ1n) is 6.11. The second-order valence-corrected chi connectivity index (χ2v) is 6.77. The Labute approximate surface area is 121 Å². The van der Waals surface area contributed by atoms with Crippen molar-refractivity contribution in [3.8, 4) is 0 Å². The van der Waals surface area contributed by atoms with E-state index in [4.69, 9.17) is 0 Å². The van der Waals surface area contributed by atoms with Crippen LogP contribution in [0.1, 0.15) is 33.8 Å². The Bertz CT molecular complexity index is 514. The molecule has 2 aromatic rings. The molecule has 1 atom stereocenters. The van der Waals surface area contributed by atoms with Crippen molar-refractivity contribution in [2.24, 2.45) is 0 Å². The smallest absolute Gasteiger partial charge is 0.0314 e. The second kappa shape index (κ2) is 6.00. The van der Waals surface area contributed by atoms with Crippen LogP contribution in [0.25, 0.3) is 0 Å². The molecule has 18 heavy (non-hydrogen) atoms. The van der Waals surface area contributed by atoms with Crippen molar-refractivity contribution in [3.05, 3.63) is 55.7 Å². The van der Waals surface area contributed by atoms with Crippen molar-refractivity contribution in [1.82, 2.24) is 5.32 Å². The first kappa shape index (κ1) is 13.8. The lowest BCUT2D eigenvalue weighted by Crippen LogP contribution is -2.18. The summed E-state index contributed by atoms with van der Waals surface area (Å²) in [5.74, 6) is 0. The van der Waals surface area contributed by atoms with Crippen LogP contribution in [-0.4, -0.2) is 0 Å². The summed E-state index contributed by atoms with van der Waals surface area (Å²) in [7, 11) is 0. The van der Waals surface area contributed by atoms with Crippen LogP contribution in [0.3, 0.4) is 0 Å². The standard InChI is InChI=1S/C15H18BrNS/c1-10-6-4-5-7-14(10)11(2)17-9-13-8-15(16)12(3)18-13/h4-8,11,17H,9H2,1-3H3/t11-/m0/s1. The monoisotopic (exact) mass is 323 g/mol. The van der Waals surface area contributed by atoms with Crippen LogP contribution in [0.4, 0.5) is 0 Å². The van der Waals surface area contributed by atoms with Crippen molar-refractivity contribution in [1.29, 1.82) is 0 Å². The van der Waals surface area contributed by atoms with Gasteiger partial charge in [-0.15, -0.1) is 11.3 Å². The number of rotatable bonds is 4. The van der Waals surface area contributed by atoms with Crippen LogP contribution in [0, 0.1) is 13.8 Å². The van der Waals surface area contributed by atoms with Gasteiger partial charge in [0.25, 0.3) is 0 Å². The molecule has 0 spiro atoms. The van der Waals surface area contributed by atoms with Crippen LogP contribution < -0.4 is 5.32 Å². The molecular weight excluding hydrogens is 306 g/mol. The van der Waals surface area contributed by atoms with E-state index in [0.717, 1.165) is 6.54 Å². The lowest BCUT2D eigenvalue weighted by Gasteiger charge is -2.15. The number of hydrogen-bond donors (Lipinski definition) is 1. The van der Waals surface area contributed by atoms with E-state index in [2.05, 4.69) is 72.3 Å². The fraction of sp³-hybridized carbons (Fsp3) is 0.333. The molecule has 2 rings (SSSR count). The summed E-state index contributed by atoms with van der Waals surface area (Å²) < 4.78 is 1.22. The maximum Gasteiger partial charge on any atom is 0.0314 e. The highest BCUT2D eigenvalue weighted by Gasteiger charge is 2.08. The van der Waals surface area contributed by atoms with Crippen molar-refractivity contribution in [2.45, 2.75) is 33.4 Å². The van der Waals surface area contributed by atoms with Gasteiger partial charge in [-0.25, -0.2) is 0 Å². The van der Waals surface area contributed by atoms with Gasteiger partial charge in [0.1, 0.15) is 0 Å². The zero-order valence-electron chi connectivity index (χ0n) is 11.0. The predicted molar refractivity (Wildman–Crippen MR) is 83.2 cm³/mol. The fourth-order valence-corrected chi connectivity index (χ4v) is 3.59. The van der Waals surface area contributed by atoms with Gasteiger partial charge in [0.15, 0.2) is 0 Å². The Kier molecular flexibility index (Phi) is 4.60. The highest BCUT2D eigenvalue weighted by Crippen LogP contribution is 2.27. The van der Waals surface area contributed by atoms with Gasteiger partial charge in [-0.05, 0) is 53.9 Å². The largest absolute Gasteiger partial charge is 0.305 e. The van der Waals surface area contributed by atoms with Gasteiger partial charge < -0.3 is 5.32 Å². The van der Waals surface area contributed by atoms with E-state index in [1.165, 1.54) is 25.4 Å². The summed E-state index contributed by atoms with van der Waals surface area (Å²) in [6.45, 7) is 7.45. The summed E-state index contributed by atoms with van der Waals surface area (Å²) in [4.78, 5) is 2.72. The van der Waals surface area contributed by atoms with Crippen LogP contribution in [0.15, 0.2) is 34.8 Å². The molecule has 0 radical (unpaired) electrons. The molecule has 0 aliphatic carbocycles. The van der Waals surface area contributed by atoms with E-state index in [0.29, 0.717) is 6.04 Å². The Hall–Kier alpha value is -0.640. The Morgan fingerprint density at radius 2 is 2.00 bits per heavy atom. The normalized spacial score (nSPS) is 12.7. The summed E-state index contributed by atoms with van der Waals surface area (Å²) in [5, 5.41) is 3.59. The third-order valence-corrected chi connectivity index (χ3v) is 5.28. The summed E-state index contributed by atoms with van der Waals surface area (Å²) in [5.41, 5.74) is 2.73. The van der Waals surface area contributed by atoms with Crippen LogP contribution in [0.2, 0.25) is 0 Å². The maximum atomic E-state index is 3.59. The summed E-state index contributed by atoms with van der Waals surface area (Å²) in [6, 6.07) is 11.1. The number of hydrogen-bond acceptors (Lipinski definition) is 2. The highest BCUT2D eigenvalue weighted by atomic mass is 79.9. The molecule has 1 aromatic carbocycles. The van der Waals surface area contributed by atoms with E-state index in [-0.39, 0.29) is 0 Å². The molecule has 3 heteroatoms. The van der Waals surface area contributed by atoms with E-state index >= 15 is 0 Å². The first-order chi connectivity index (χ1) is 8.58. The van der Waals surface area contributed by atoms with E-state index < -0.39 is 0 Å². The van der Waals surface area contributed by atoms with Crippen molar-refractivity contribution < 1.29 is 0 Å². The first-order valence-corrected chi connectivity index (χ1v) is 7.72. The van der Waals surface area contributed by atoms with Gasteiger partial charge in [-0.1, -0.05) is 24.3 Å². The third-order valence-electron chi connectivity index (χ3n) is 3.15. The maximum absolute atomic E-state index is 3.59. The van der Waals surface area contributed by atoms with Crippen LogP contribution >= 0.6 is 27.3 Å². The molecule has 0 saturated carbocycles. The van der Waals surface area contributed by atoms with Crippen molar-refractivity contribution in [3.63, 3.8) is 0 Å². The minimum absolute atomic E-state index is 0.382. The summed E-state index contributed by atoms with van der Waals surface area (Å²) in [6.07, 6.45) is 0. The van der Waals surface area contributed by atoms with Crippen molar-refractivity contribution in [2.75, 3.05) is 0 Å². The average Bonchev–Trinajstić information content (AvgIpc) is 2.66. The summed E-state index contributed by atoms with van der Waals surface area (Å²) >= 11 is 5.41. The van der Waals surface area contributed by atoms with E-state index in [1.807, 2.05) is 11.3 Å². The zero-order chi connectivity index (χ0) is 13.1. The van der Waals surface area contributed by atoms with E-state index in [9.17, 15) is 0 Å². The fourth-order valence-electron chi connectivity index (χ4n) is 2.04. The molecule has 96 valence electrons. The van der Waals surface area contributed by atoms with Crippen LogP contribution in [-0.2, 0) is 6.54 Å². The number of nitrogens with one attached hydrogen (secondary N) is 1. The highest BCUT2D eigenvalue weighted by molar-refractivity contribution is 9.10. The molecule has 0 fully saturated rings. The molecule has 0 aliphatic rings. The number of thiophene rings is 1. The second-order valence-electron chi connectivity index (χ2n) is 4.58. The van der Waals surface area contributed by atoms with E-state index in [1.54, 1.807) is 0 Å². The molecule has 0 bridgehead atoms. The van der Waals surface area contributed by atoms with Gasteiger partial charge in [0.05, 0.1) is 0 Å². The van der Waals surface area contributed by atoms with Gasteiger partial charge >= 0.3 is 0 Å². The lowest BCUT2D eigenvalue weighted by molar-refractivity contribution is 0.576. The average molecular weight is 324 g/mol. The predicted octanol–water partition coefficient (Wildman–Crippen LogP) is 4.98. The Morgan fingerprint density at radius 3 is 2.61 bits per heavy atom. The zero-order valence-corrected chi connectivity index (χ0v) is 13.4. The number of halogens is 1. The molecule has 1 aromatic heterocycles. The van der Waals surface area contributed by atoms with Gasteiger partial charge in [0, 0.05) is 26.8 Å². The minimum Gasteiger partial charge on any atom is -0.305 e. The van der Waals surface area contributed by atoms with Gasteiger partial charge in [0.2, 0.25) is 0 Å². The molecule has 1 N–H and O–H groups in total. The third kappa shape index (κ3) is 3.22.